The number of hydrogen-bond donors (Lipinski definition) is 1. The third-order valence-corrected chi connectivity index (χ3v) is 9.27. The summed E-state index contributed by atoms with van der Waals surface area (Å²) in [6, 6.07) is 28.8. The average Bonchev–Trinajstić information content (AvgIpc) is 3.05. The van der Waals surface area contributed by atoms with Gasteiger partial charge in [0.25, 0.3) is 10.0 Å². The average molecular weight is 658 g/mol. The van der Waals surface area contributed by atoms with E-state index < -0.39 is 34.1 Å². The van der Waals surface area contributed by atoms with Crippen LogP contribution in [0.1, 0.15) is 37.5 Å². The van der Waals surface area contributed by atoms with Gasteiger partial charge in [0.1, 0.15) is 24.1 Å². The molecular weight excluding hydrogens is 614 g/mol. The fraction of sp³-hybridized carbons (Fsp3) is 0.297. The van der Waals surface area contributed by atoms with Gasteiger partial charge in [0.2, 0.25) is 11.8 Å². The molecule has 0 aromatic heterocycles. The van der Waals surface area contributed by atoms with Crippen LogP contribution in [0.3, 0.4) is 0 Å². The lowest BCUT2D eigenvalue weighted by Gasteiger charge is -2.35. The fourth-order valence-electron chi connectivity index (χ4n) is 5.16. The number of nitrogens with zero attached hydrogens (tertiary/aromatic N) is 2. The van der Waals surface area contributed by atoms with E-state index in [0.717, 1.165) is 15.4 Å². The van der Waals surface area contributed by atoms with Crippen LogP contribution in [0.2, 0.25) is 0 Å². The normalized spacial score (nSPS) is 12.1. The summed E-state index contributed by atoms with van der Waals surface area (Å²) in [5.41, 5.74) is 2.06. The van der Waals surface area contributed by atoms with Crippen LogP contribution < -0.4 is 19.1 Å². The first-order valence-electron chi connectivity index (χ1n) is 15.3. The molecule has 0 aliphatic heterocycles. The van der Waals surface area contributed by atoms with Crippen LogP contribution >= 0.6 is 0 Å². The Morgan fingerprint density at radius 1 is 0.809 bits per heavy atom. The molecule has 0 spiro atoms. The molecule has 1 N–H and O–H groups in total. The molecule has 4 aromatic rings. The Hall–Kier alpha value is -4.83. The van der Waals surface area contributed by atoms with Gasteiger partial charge in [-0.1, -0.05) is 72.3 Å². The van der Waals surface area contributed by atoms with Crippen LogP contribution in [-0.2, 0) is 32.6 Å². The molecular formula is C37H43N3O6S. The summed E-state index contributed by atoms with van der Waals surface area (Å²) >= 11 is 0. The molecule has 0 bridgehead atoms. The molecule has 0 saturated carbocycles. The fourth-order valence-corrected chi connectivity index (χ4v) is 6.59. The summed E-state index contributed by atoms with van der Waals surface area (Å²) in [6.07, 6.45) is 0.206. The molecule has 4 rings (SSSR count). The lowest BCUT2D eigenvalue weighted by molar-refractivity contribution is -0.140. The van der Waals surface area contributed by atoms with E-state index in [1.54, 1.807) is 61.7 Å². The van der Waals surface area contributed by atoms with Gasteiger partial charge in [-0.25, -0.2) is 8.42 Å². The number of amides is 2. The molecule has 0 heterocycles. The molecule has 1 unspecified atom stereocenters. The highest BCUT2D eigenvalue weighted by atomic mass is 32.2. The predicted octanol–water partition coefficient (Wildman–Crippen LogP) is 5.76. The first kappa shape index (κ1) is 35.0. The maximum Gasteiger partial charge on any atom is 0.264 e. The maximum atomic E-state index is 14.7. The van der Waals surface area contributed by atoms with Crippen molar-refractivity contribution in [3.8, 4) is 11.5 Å². The Morgan fingerprint density at radius 2 is 1.45 bits per heavy atom. The van der Waals surface area contributed by atoms with Crippen LogP contribution in [0.5, 0.6) is 11.5 Å². The first-order valence-corrected chi connectivity index (χ1v) is 16.8. The van der Waals surface area contributed by atoms with Gasteiger partial charge in [-0.05, 0) is 75.2 Å². The van der Waals surface area contributed by atoms with E-state index in [0.29, 0.717) is 11.3 Å². The predicted molar refractivity (Wildman–Crippen MR) is 184 cm³/mol. The number of carbonyl (C=O) groups is 2. The van der Waals surface area contributed by atoms with Crippen molar-refractivity contribution in [3.63, 3.8) is 0 Å². The largest absolute Gasteiger partial charge is 0.497 e. The van der Waals surface area contributed by atoms with Crippen molar-refractivity contribution in [2.75, 3.05) is 25.1 Å². The van der Waals surface area contributed by atoms with Gasteiger partial charge in [-0.3, -0.25) is 13.9 Å². The van der Waals surface area contributed by atoms with E-state index in [4.69, 9.17) is 9.47 Å². The maximum absolute atomic E-state index is 14.7. The standard InChI is InChI=1S/C37H43N3O6S/c1-27-19-21-31(22-20-27)47(43,44)40(32-17-10-11-18-34(32)46-6)26-35(41)39(25-29-15-12-16-30(23-29)45-5)33(36(42)38-37(2,3)4)24-28-13-8-7-9-14-28/h7-23,33H,24-26H2,1-6H3,(H,38,42). The number of benzene rings is 4. The zero-order valence-electron chi connectivity index (χ0n) is 27.8. The summed E-state index contributed by atoms with van der Waals surface area (Å²) in [6.45, 7) is 6.91. The quantitative estimate of drug-likeness (QED) is 0.196. The Kier molecular flexibility index (Phi) is 11.3. The van der Waals surface area contributed by atoms with E-state index in [9.17, 15) is 18.0 Å². The molecule has 9 nitrogen and oxygen atoms in total. The minimum Gasteiger partial charge on any atom is -0.497 e. The Labute approximate surface area is 278 Å². The lowest BCUT2D eigenvalue weighted by Crippen LogP contribution is -2.56. The van der Waals surface area contributed by atoms with Crippen molar-refractivity contribution in [2.24, 2.45) is 0 Å². The van der Waals surface area contributed by atoms with Crippen molar-refractivity contribution in [2.45, 2.75) is 57.1 Å². The number of rotatable bonds is 13. The van der Waals surface area contributed by atoms with Crippen molar-refractivity contribution in [3.05, 3.63) is 120 Å². The molecule has 248 valence electrons. The number of anilines is 1. The topological polar surface area (TPSA) is 105 Å². The molecule has 10 heteroatoms. The van der Waals surface area contributed by atoms with Crippen molar-refractivity contribution < 1.29 is 27.5 Å². The number of ether oxygens (including phenoxy) is 2. The van der Waals surface area contributed by atoms with Crippen molar-refractivity contribution in [1.29, 1.82) is 0 Å². The highest BCUT2D eigenvalue weighted by Crippen LogP contribution is 2.33. The Bertz CT molecular complexity index is 1770. The third-order valence-electron chi connectivity index (χ3n) is 7.50. The SMILES string of the molecule is COc1cccc(CN(C(=O)CN(c2ccccc2OC)S(=O)(=O)c2ccc(C)cc2)C(Cc2ccccc2)C(=O)NC(C)(C)C)c1. The van der Waals surface area contributed by atoms with Crippen molar-refractivity contribution in [1.82, 2.24) is 10.2 Å². The Balaban J connectivity index is 1.85. The number of methoxy groups -OCH3 is 2. The van der Waals surface area contributed by atoms with E-state index in [1.165, 1.54) is 24.1 Å². The third kappa shape index (κ3) is 9.13. The first-order chi connectivity index (χ1) is 22.3. The van der Waals surface area contributed by atoms with Crippen LogP contribution in [0, 0.1) is 6.92 Å². The summed E-state index contributed by atoms with van der Waals surface area (Å²) < 4.78 is 40.6. The van der Waals surface area contributed by atoms with Gasteiger partial charge < -0.3 is 19.7 Å². The molecule has 2 amide bonds. The number of sulfonamides is 1. The molecule has 0 radical (unpaired) electrons. The van der Waals surface area contributed by atoms with E-state index >= 15 is 0 Å². The number of carbonyl (C=O) groups excluding carboxylic acids is 2. The van der Waals surface area contributed by atoms with Gasteiger partial charge in [0.05, 0.1) is 24.8 Å². The molecule has 0 aliphatic rings. The second kappa shape index (κ2) is 15.2. The molecule has 1 atom stereocenters. The zero-order valence-corrected chi connectivity index (χ0v) is 28.6. The molecule has 0 saturated heterocycles. The summed E-state index contributed by atoms with van der Waals surface area (Å²) in [7, 11) is -1.27. The van der Waals surface area contributed by atoms with Gasteiger partial charge in [0.15, 0.2) is 0 Å². The van der Waals surface area contributed by atoms with E-state index in [1.807, 2.05) is 64.1 Å². The summed E-state index contributed by atoms with van der Waals surface area (Å²) in [5.74, 6) is -0.0601. The molecule has 0 fully saturated rings. The second-order valence-corrected chi connectivity index (χ2v) is 14.2. The van der Waals surface area contributed by atoms with E-state index in [2.05, 4.69) is 5.32 Å². The minimum atomic E-state index is -4.26. The number of aryl methyl sites for hydroxylation is 1. The molecule has 4 aromatic carbocycles. The van der Waals surface area contributed by atoms with Crippen LogP contribution in [0.25, 0.3) is 0 Å². The number of para-hydroxylation sites is 2. The van der Waals surface area contributed by atoms with Crippen molar-refractivity contribution >= 4 is 27.5 Å². The zero-order chi connectivity index (χ0) is 34.2. The summed E-state index contributed by atoms with van der Waals surface area (Å²) in [5, 5.41) is 3.04. The summed E-state index contributed by atoms with van der Waals surface area (Å²) in [4.78, 5) is 30.2. The number of hydrogen-bond acceptors (Lipinski definition) is 6. The van der Waals surface area contributed by atoms with Gasteiger partial charge >= 0.3 is 0 Å². The highest BCUT2D eigenvalue weighted by molar-refractivity contribution is 7.92. The van der Waals surface area contributed by atoms with Gasteiger partial charge in [-0.15, -0.1) is 0 Å². The number of nitrogens with one attached hydrogen (secondary N) is 1. The second-order valence-electron chi connectivity index (χ2n) is 12.3. The van der Waals surface area contributed by atoms with Crippen LogP contribution in [0.15, 0.2) is 108 Å². The molecule has 47 heavy (non-hydrogen) atoms. The van der Waals surface area contributed by atoms with Gasteiger partial charge in [-0.2, -0.15) is 0 Å². The Morgan fingerprint density at radius 3 is 2.09 bits per heavy atom. The molecule has 0 aliphatic carbocycles. The van der Waals surface area contributed by atoms with Crippen LogP contribution in [0.4, 0.5) is 5.69 Å². The smallest absolute Gasteiger partial charge is 0.264 e. The van der Waals surface area contributed by atoms with Gasteiger partial charge in [0, 0.05) is 18.5 Å². The van der Waals surface area contributed by atoms with E-state index in [-0.39, 0.29) is 35.2 Å². The van der Waals surface area contributed by atoms with Crippen LogP contribution in [-0.4, -0.2) is 57.5 Å². The highest BCUT2D eigenvalue weighted by Gasteiger charge is 2.36. The lowest BCUT2D eigenvalue weighted by atomic mass is 10.0. The minimum absolute atomic E-state index is 0.0208. The monoisotopic (exact) mass is 657 g/mol.